The lowest BCUT2D eigenvalue weighted by molar-refractivity contribution is -0.138. The number of benzene rings is 1. The van der Waals surface area contributed by atoms with Gasteiger partial charge >= 0.3 is 6.18 Å². The van der Waals surface area contributed by atoms with Crippen molar-refractivity contribution in [1.29, 1.82) is 0 Å². The quantitative estimate of drug-likeness (QED) is 0.551. The van der Waals surface area contributed by atoms with E-state index in [-0.39, 0.29) is 27.8 Å². The molecule has 0 bridgehead atoms. The van der Waals surface area contributed by atoms with Crippen molar-refractivity contribution >= 4 is 28.6 Å². The van der Waals surface area contributed by atoms with E-state index in [2.05, 4.69) is 21.9 Å². The molecule has 28 heavy (non-hydrogen) atoms. The number of allylic oxidation sites excluding steroid dienone is 1. The molecule has 0 spiro atoms. The molecule has 0 aliphatic carbocycles. The van der Waals surface area contributed by atoms with Crippen molar-refractivity contribution in [3.8, 4) is 17.0 Å². The van der Waals surface area contributed by atoms with Crippen LogP contribution in [0.15, 0.2) is 52.6 Å². The molecular formula is C18H17F3N4O2S. The number of anilines is 1. The highest BCUT2D eigenvalue weighted by Crippen LogP contribution is 2.39. The maximum atomic E-state index is 13.2. The molecule has 0 unspecified atom stereocenters. The first-order valence-electron chi connectivity index (χ1n) is 7.79. The van der Waals surface area contributed by atoms with E-state index in [1.165, 1.54) is 30.8 Å². The first kappa shape index (κ1) is 21.2. The second kappa shape index (κ2) is 8.70. The highest BCUT2D eigenvalue weighted by Gasteiger charge is 2.34. The third kappa shape index (κ3) is 5.19. The zero-order valence-electron chi connectivity index (χ0n) is 15.0. The highest BCUT2D eigenvalue weighted by atomic mass is 32.1. The molecule has 2 rings (SSSR count). The number of ether oxygens (including phenoxy) is 1. The fourth-order valence-corrected chi connectivity index (χ4v) is 2.79. The predicted octanol–water partition coefficient (Wildman–Crippen LogP) is 4.22. The minimum absolute atomic E-state index is 0.0523. The molecule has 1 heterocycles. The second-order valence-electron chi connectivity index (χ2n) is 5.56. The molecule has 148 valence electrons. The average Bonchev–Trinajstić information content (AvgIpc) is 3.09. The van der Waals surface area contributed by atoms with Gasteiger partial charge in [0.25, 0.3) is 5.91 Å². The van der Waals surface area contributed by atoms with Gasteiger partial charge in [-0.25, -0.2) is 9.98 Å². The summed E-state index contributed by atoms with van der Waals surface area (Å²) < 4.78 is 44.3. The molecule has 0 saturated carbocycles. The van der Waals surface area contributed by atoms with E-state index in [0.29, 0.717) is 5.57 Å². The number of hydrogen-bond acceptors (Lipinski definition) is 6. The lowest BCUT2D eigenvalue weighted by atomic mass is 10.1. The number of methoxy groups -OCH3 is 1. The van der Waals surface area contributed by atoms with Crippen LogP contribution in [0.1, 0.15) is 12.5 Å². The Morgan fingerprint density at radius 3 is 2.71 bits per heavy atom. The van der Waals surface area contributed by atoms with Gasteiger partial charge in [-0.1, -0.05) is 6.58 Å². The van der Waals surface area contributed by atoms with Gasteiger partial charge in [-0.2, -0.15) is 13.2 Å². The van der Waals surface area contributed by atoms with Crippen molar-refractivity contribution in [2.75, 3.05) is 12.4 Å². The largest absolute Gasteiger partial charge is 0.496 e. The molecule has 2 aromatic rings. The van der Waals surface area contributed by atoms with Crippen LogP contribution in [0.3, 0.4) is 0 Å². The maximum Gasteiger partial charge on any atom is 0.419 e. The van der Waals surface area contributed by atoms with Crippen molar-refractivity contribution in [3.63, 3.8) is 0 Å². The summed E-state index contributed by atoms with van der Waals surface area (Å²) in [5.74, 6) is -0.889. The van der Waals surface area contributed by atoms with Crippen molar-refractivity contribution in [2.45, 2.75) is 13.1 Å². The van der Waals surface area contributed by atoms with Gasteiger partial charge in [-0.05, 0) is 30.7 Å². The Balaban J connectivity index is 2.25. The third-order valence-corrected chi connectivity index (χ3v) is 4.10. The molecule has 0 aliphatic heterocycles. The van der Waals surface area contributed by atoms with Crippen molar-refractivity contribution in [2.24, 2.45) is 10.7 Å². The SMILES string of the molecule is C=C(C)C=N/C(=C\N)C(=O)Nc1nc(-c2ccc(OC)c(C(F)(F)F)c2)cs1. The highest BCUT2D eigenvalue weighted by molar-refractivity contribution is 7.14. The molecule has 6 nitrogen and oxygen atoms in total. The van der Waals surface area contributed by atoms with Crippen molar-refractivity contribution < 1.29 is 22.7 Å². The number of nitrogens with one attached hydrogen (secondary N) is 1. The van der Waals surface area contributed by atoms with E-state index >= 15 is 0 Å². The Hall–Kier alpha value is -3.14. The van der Waals surface area contributed by atoms with Crippen molar-refractivity contribution in [1.82, 2.24) is 4.98 Å². The van der Waals surface area contributed by atoms with Crippen LogP contribution in [-0.4, -0.2) is 24.2 Å². The fraction of sp³-hybridized carbons (Fsp3) is 0.167. The summed E-state index contributed by atoms with van der Waals surface area (Å²) in [5.41, 5.74) is 5.57. The van der Waals surface area contributed by atoms with Crippen LogP contribution in [0.4, 0.5) is 18.3 Å². The van der Waals surface area contributed by atoms with Crippen LogP contribution in [0, 0.1) is 0 Å². The van der Waals surface area contributed by atoms with E-state index < -0.39 is 17.6 Å². The van der Waals surface area contributed by atoms with E-state index in [1.807, 2.05) is 0 Å². The Morgan fingerprint density at radius 2 is 2.14 bits per heavy atom. The van der Waals surface area contributed by atoms with E-state index in [0.717, 1.165) is 23.6 Å². The number of halogens is 3. The molecule has 1 aromatic carbocycles. The Labute approximate surface area is 163 Å². The Bertz CT molecular complexity index is 949. The first-order chi connectivity index (χ1) is 13.2. The number of aliphatic imine (C=N–C) groups is 1. The summed E-state index contributed by atoms with van der Waals surface area (Å²) in [6.45, 7) is 5.33. The smallest absolute Gasteiger partial charge is 0.419 e. The van der Waals surface area contributed by atoms with Crippen LogP contribution in [0.25, 0.3) is 11.3 Å². The molecule has 1 amide bonds. The van der Waals surface area contributed by atoms with E-state index in [1.54, 1.807) is 6.92 Å². The molecule has 0 radical (unpaired) electrons. The predicted molar refractivity (Wildman–Crippen MR) is 103 cm³/mol. The molecular weight excluding hydrogens is 393 g/mol. The van der Waals surface area contributed by atoms with Crippen LogP contribution in [0.2, 0.25) is 0 Å². The summed E-state index contributed by atoms with van der Waals surface area (Å²) >= 11 is 1.06. The number of amides is 1. The number of alkyl halides is 3. The van der Waals surface area contributed by atoms with Gasteiger partial charge in [0.2, 0.25) is 0 Å². The van der Waals surface area contributed by atoms with Gasteiger partial charge in [-0.15, -0.1) is 11.3 Å². The summed E-state index contributed by atoms with van der Waals surface area (Å²) in [6, 6.07) is 3.62. The molecule has 3 N–H and O–H groups in total. The number of hydrogen-bond donors (Lipinski definition) is 2. The van der Waals surface area contributed by atoms with Gasteiger partial charge in [0.05, 0.1) is 18.4 Å². The summed E-state index contributed by atoms with van der Waals surface area (Å²) in [4.78, 5) is 20.2. The topological polar surface area (TPSA) is 89.6 Å². The monoisotopic (exact) mass is 410 g/mol. The molecule has 0 fully saturated rings. The standard InChI is InChI=1S/C18H17F3N4O2S/c1-10(2)8-23-13(7-22)16(26)25-17-24-14(9-28-17)11-4-5-15(27-3)12(6-11)18(19,20)21/h4-9H,1,22H2,2-3H3,(H,24,25,26)/b13-7-,23-8?. The van der Waals surface area contributed by atoms with Gasteiger partial charge < -0.3 is 10.5 Å². The van der Waals surface area contributed by atoms with E-state index in [9.17, 15) is 18.0 Å². The summed E-state index contributed by atoms with van der Waals surface area (Å²) in [7, 11) is 1.17. The molecule has 0 aliphatic rings. The van der Waals surface area contributed by atoms with Gasteiger partial charge in [0, 0.05) is 23.4 Å². The Kier molecular flexibility index (Phi) is 6.57. The number of carbonyl (C=O) groups is 1. The Morgan fingerprint density at radius 1 is 1.43 bits per heavy atom. The fourth-order valence-electron chi connectivity index (χ4n) is 2.07. The lowest BCUT2D eigenvalue weighted by Gasteiger charge is -2.12. The molecule has 0 saturated heterocycles. The summed E-state index contributed by atoms with van der Waals surface area (Å²) in [5, 5.41) is 4.22. The van der Waals surface area contributed by atoms with Crippen LogP contribution in [-0.2, 0) is 11.0 Å². The zero-order valence-corrected chi connectivity index (χ0v) is 15.8. The van der Waals surface area contributed by atoms with Crippen LogP contribution in [0.5, 0.6) is 5.75 Å². The lowest BCUT2D eigenvalue weighted by Crippen LogP contribution is -2.14. The first-order valence-corrected chi connectivity index (χ1v) is 8.67. The van der Waals surface area contributed by atoms with Gasteiger partial charge in [-0.3, -0.25) is 10.1 Å². The molecule has 10 heteroatoms. The summed E-state index contributed by atoms with van der Waals surface area (Å²) in [6.07, 6.45) is -2.17. The number of carbonyl (C=O) groups excluding carboxylic acids is 1. The number of thiazole rings is 1. The molecule has 1 aromatic heterocycles. The van der Waals surface area contributed by atoms with Gasteiger partial charge in [0.15, 0.2) is 5.13 Å². The number of aromatic nitrogens is 1. The minimum Gasteiger partial charge on any atom is -0.496 e. The number of rotatable bonds is 6. The van der Waals surface area contributed by atoms with Crippen LogP contribution < -0.4 is 15.8 Å². The van der Waals surface area contributed by atoms with Gasteiger partial charge in [0.1, 0.15) is 11.4 Å². The zero-order chi connectivity index (χ0) is 20.9. The third-order valence-electron chi connectivity index (χ3n) is 3.34. The number of nitrogens with two attached hydrogens (primary N) is 1. The number of nitrogens with zero attached hydrogens (tertiary/aromatic N) is 2. The van der Waals surface area contributed by atoms with Crippen LogP contribution >= 0.6 is 11.3 Å². The maximum absolute atomic E-state index is 13.2. The normalized spacial score (nSPS) is 12.2. The molecule has 0 atom stereocenters. The van der Waals surface area contributed by atoms with Crippen molar-refractivity contribution in [3.05, 3.63) is 53.2 Å². The second-order valence-corrected chi connectivity index (χ2v) is 6.42. The minimum atomic E-state index is -4.57. The van der Waals surface area contributed by atoms with E-state index in [4.69, 9.17) is 10.5 Å². The average molecular weight is 410 g/mol.